The highest BCUT2D eigenvalue weighted by atomic mass is 32.1. The molecule has 1 atom stereocenters. The number of anilines is 1. The second kappa shape index (κ2) is 8.62. The van der Waals surface area contributed by atoms with E-state index in [1.807, 2.05) is 45.0 Å². The van der Waals surface area contributed by atoms with E-state index >= 15 is 0 Å². The van der Waals surface area contributed by atoms with Crippen LogP contribution in [0, 0.1) is 20.8 Å². The molecule has 7 heteroatoms. The fourth-order valence-electron chi connectivity index (χ4n) is 2.19. The van der Waals surface area contributed by atoms with Crippen LogP contribution in [-0.4, -0.2) is 30.4 Å². The highest BCUT2D eigenvalue weighted by Crippen LogP contribution is 2.17. The van der Waals surface area contributed by atoms with Crippen molar-refractivity contribution < 1.29 is 19.1 Å². The Morgan fingerprint density at radius 1 is 1.12 bits per heavy atom. The lowest BCUT2D eigenvalue weighted by Gasteiger charge is -2.15. The second-order valence-electron chi connectivity index (χ2n) is 6.03. The van der Waals surface area contributed by atoms with E-state index in [0.29, 0.717) is 10.6 Å². The van der Waals surface area contributed by atoms with Crippen LogP contribution in [0.25, 0.3) is 0 Å². The number of rotatable bonds is 6. The molecule has 0 aliphatic heterocycles. The van der Waals surface area contributed by atoms with Gasteiger partial charge in [-0.25, -0.2) is 0 Å². The largest absolute Gasteiger partial charge is 0.451 e. The third-order valence-electron chi connectivity index (χ3n) is 3.69. The normalized spacial score (nSPS) is 11.5. The van der Waals surface area contributed by atoms with E-state index in [1.54, 1.807) is 6.07 Å². The van der Waals surface area contributed by atoms with Gasteiger partial charge in [-0.15, -0.1) is 11.3 Å². The summed E-state index contributed by atoms with van der Waals surface area (Å²) in [6.07, 6.45) is -0.969. The number of ether oxygens (including phenoxy) is 1. The average Bonchev–Trinajstić information content (AvgIpc) is 3.02. The van der Waals surface area contributed by atoms with Gasteiger partial charge in [-0.2, -0.15) is 0 Å². The molecule has 0 saturated heterocycles. The van der Waals surface area contributed by atoms with Gasteiger partial charge < -0.3 is 15.4 Å². The molecule has 0 spiro atoms. The number of nitrogens with one attached hydrogen (secondary N) is 2. The molecule has 1 heterocycles. The number of esters is 1. The summed E-state index contributed by atoms with van der Waals surface area (Å²) in [5, 5.41) is 5.24. The summed E-state index contributed by atoms with van der Waals surface area (Å²) in [5.74, 6) is -1.44. The Kier molecular flexibility index (Phi) is 6.52. The molecule has 2 amide bonds. The van der Waals surface area contributed by atoms with Gasteiger partial charge in [0.05, 0.1) is 4.88 Å². The fraction of sp³-hybridized carbons (Fsp3) is 0.316. The number of carbonyl (C=O) groups is 3. The number of amides is 2. The predicted molar refractivity (Wildman–Crippen MR) is 101 cm³/mol. The van der Waals surface area contributed by atoms with Gasteiger partial charge in [0.15, 0.2) is 6.10 Å². The maximum atomic E-state index is 12.2. The molecule has 2 N–H and O–H groups in total. The summed E-state index contributed by atoms with van der Waals surface area (Å²) >= 11 is 1.34. The first-order chi connectivity index (χ1) is 12.3. The van der Waals surface area contributed by atoms with Crippen LogP contribution in [0.4, 0.5) is 5.69 Å². The van der Waals surface area contributed by atoms with Crippen molar-refractivity contribution in [2.24, 2.45) is 0 Å². The van der Waals surface area contributed by atoms with Gasteiger partial charge in [0.25, 0.3) is 11.8 Å². The van der Waals surface area contributed by atoms with E-state index in [9.17, 15) is 14.4 Å². The maximum Gasteiger partial charge on any atom is 0.326 e. The monoisotopic (exact) mass is 374 g/mol. The fourth-order valence-corrected chi connectivity index (χ4v) is 2.98. The lowest BCUT2D eigenvalue weighted by Crippen LogP contribution is -2.35. The molecule has 6 nitrogen and oxygen atoms in total. The number of carbonyl (C=O) groups excluding carboxylic acids is 3. The smallest absolute Gasteiger partial charge is 0.326 e. The SMILES string of the molecule is Cc1ccc(C)c(NC(=O)C(C)OC(=O)CNC(=O)c2ccc(C)s2)c1. The summed E-state index contributed by atoms with van der Waals surface area (Å²) in [6, 6.07) is 9.24. The first kappa shape index (κ1) is 19.7. The molecule has 0 saturated carbocycles. The van der Waals surface area contributed by atoms with Crippen LogP contribution in [0.5, 0.6) is 0 Å². The van der Waals surface area contributed by atoms with E-state index in [0.717, 1.165) is 16.0 Å². The molecule has 1 aromatic carbocycles. The molecule has 0 radical (unpaired) electrons. The zero-order valence-electron chi connectivity index (χ0n) is 15.2. The maximum absolute atomic E-state index is 12.2. The van der Waals surface area contributed by atoms with Crippen LogP contribution in [0.15, 0.2) is 30.3 Å². The molecule has 138 valence electrons. The summed E-state index contributed by atoms with van der Waals surface area (Å²) in [7, 11) is 0. The van der Waals surface area contributed by atoms with Gasteiger partial charge in [0, 0.05) is 10.6 Å². The summed E-state index contributed by atoms with van der Waals surface area (Å²) in [4.78, 5) is 37.5. The molecule has 2 aromatic rings. The molecule has 0 aliphatic carbocycles. The third kappa shape index (κ3) is 5.42. The van der Waals surface area contributed by atoms with Gasteiger partial charge in [-0.1, -0.05) is 12.1 Å². The summed E-state index contributed by atoms with van der Waals surface area (Å²) < 4.78 is 5.08. The van der Waals surface area contributed by atoms with Crippen molar-refractivity contribution in [2.45, 2.75) is 33.8 Å². The van der Waals surface area contributed by atoms with Gasteiger partial charge in [0.1, 0.15) is 6.54 Å². The van der Waals surface area contributed by atoms with Crippen LogP contribution in [-0.2, 0) is 14.3 Å². The molecule has 2 rings (SSSR count). The van der Waals surface area contributed by atoms with Crippen LogP contribution in [0.3, 0.4) is 0 Å². The minimum atomic E-state index is -0.969. The lowest BCUT2D eigenvalue weighted by atomic mass is 10.1. The second-order valence-corrected chi connectivity index (χ2v) is 7.32. The Balaban J connectivity index is 1.83. The topological polar surface area (TPSA) is 84.5 Å². The molecule has 26 heavy (non-hydrogen) atoms. The van der Waals surface area contributed by atoms with Gasteiger partial charge >= 0.3 is 5.97 Å². The number of aryl methyl sites for hydroxylation is 3. The highest BCUT2D eigenvalue weighted by molar-refractivity contribution is 7.13. The van der Waals surface area contributed by atoms with Gasteiger partial charge in [-0.3, -0.25) is 14.4 Å². The Morgan fingerprint density at radius 3 is 2.50 bits per heavy atom. The minimum Gasteiger partial charge on any atom is -0.451 e. The van der Waals surface area contributed by atoms with Crippen molar-refractivity contribution in [3.8, 4) is 0 Å². The van der Waals surface area contributed by atoms with Crippen molar-refractivity contribution >= 4 is 34.8 Å². The Hall–Kier alpha value is -2.67. The minimum absolute atomic E-state index is 0.295. The third-order valence-corrected chi connectivity index (χ3v) is 4.69. The molecule has 0 aliphatic rings. The number of hydrogen-bond donors (Lipinski definition) is 2. The van der Waals surface area contributed by atoms with E-state index < -0.39 is 18.0 Å². The van der Waals surface area contributed by atoms with E-state index in [-0.39, 0.29) is 12.5 Å². The molecule has 1 aromatic heterocycles. The van der Waals surface area contributed by atoms with Crippen LogP contribution < -0.4 is 10.6 Å². The quantitative estimate of drug-likeness (QED) is 0.762. The first-order valence-electron chi connectivity index (χ1n) is 8.18. The number of hydrogen-bond acceptors (Lipinski definition) is 5. The number of thiophene rings is 1. The molecule has 0 bridgehead atoms. The predicted octanol–water partition coefficient (Wildman–Crippen LogP) is 2.97. The van der Waals surface area contributed by atoms with Crippen molar-refractivity contribution in [1.82, 2.24) is 5.32 Å². The lowest BCUT2D eigenvalue weighted by molar-refractivity contribution is -0.152. The Labute approximate surface area is 156 Å². The van der Waals surface area contributed by atoms with Crippen LogP contribution >= 0.6 is 11.3 Å². The van der Waals surface area contributed by atoms with Crippen LogP contribution in [0.2, 0.25) is 0 Å². The zero-order chi connectivity index (χ0) is 19.3. The average molecular weight is 374 g/mol. The van der Waals surface area contributed by atoms with Gasteiger partial charge in [-0.05, 0) is 57.0 Å². The molecule has 0 fully saturated rings. The Bertz CT molecular complexity index is 829. The number of benzene rings is 1. The summed E-state index contributed by atoms with van der Waals surface area (Å²) in [6.45, 7) is 6.90. The Morgan fingerprint density at radius 2 is 1.85 bits per heavy atom. The van der Waals surface area contributed by atoms with Crippen LogP contribution in [0.1, 0.15) is 32.6 Å². The molecule has 1 unspecified atom stereocenters. The molecular weight excluding hydrogens is 352 g/mol. The van der Waals surface area contributed by atoms with Crippen molar-refractivity contribution in [2.75, 3.05) is 11.9 Å². The van der Waals surface area contributed by atoms with Crippen molar-refractivity contribution in [3.63, 3.8) is 0 Å². The highest BCUT2D eigenvalue weighted by Gasteiger charge is 2.19. The zero-order valence-corrected chi connectivity index (χ0v) is 16.0. The van der Waals surface area contributed by atoms with Gasteiger partial charge in [0.2, 0.25) is 0 Å². The van der Waals surface area contributed by atoms with E-state index in [1.165, 1.54) is 18.3 Å². The standard InChI is InChI=1S/C19H22N2O4S/c1-11-5-6-12(2)15(9-11)21-18(23)14(4)25-17(22)10-20-19(24)16-8-7-13(3)26-16/h5-9,14H,10H2,1-4H3,(H,20,24)(H,21,23). The molecular formula is C19H22N2O4S. The first-order valence-corrected chi connectivity index (χ1v) is 9.00. The summed E-state index contributed by atoms with van der Waals surface area (Å²) in [5.41, 5.74) is 2.61. The van der Waals surface area contributed by atoms with Crippen molar-refractivity contribution in [1.29, 1.82) is 0 Å². The van der Waals surface area contributed by atoms with E-state index in [2.05, 4.69) is 10.6 Å². The van der Waals surface area contributed by atoms with E-state index in [4.69, 9.17) is 4.74 Å². The van der Waals surface area contributed by atoms with Crippen molar-refractivity contribution in [3.05, 3.63) is 51.2 Å².